The molecule has 4 aliphatic heterocycles. The van der Waals surface area contributed by atoms with Gasteiger partial charge in [-0.25, -0.2) is 9.97 Å². The number of carbonyl (C=O) groups excluding carboxylic acids is 2. The minimum absolute atomic E-state index is 0.133. The molecule has 2 saturated heterocycles. The molecular weight excluding hydrogens is 699 g/mol. The van der Waals surface area contributed by atoms with Gasteiger partial charge in [-0.2, -0.15) is 0 Å². The van der Waals surface area contributed by atoms with Crippen molar-refractivity contribution in [3.05, 3.63) is 80.8 Å². The van der Waals surface area contributed by atoms with Crippen LogP contribution in [0.15, 0.2) is 48.5 Å². The molecule has 6 heterocycles. The van der Waals surface area contributed by atoms with Crippen molar-refractivity contribution in [2.24, 2.45) is 0 Å². The molecule has 0 aliphatic carbocycles. The number of aromatic nitrogens is 2. The third-order valence-corrected chi connectivity index (χ3v) is 11.7. The van der Waals surface area contributed by atoms with Gasteiger partial charge < -0.3 is 20.1 Å². The largest absolute Gasteiger partial charge is 0.481 e. The Morgan fingerprint density at radius 2 is 1.10 bits per heavy atom. The van der Waals surface area contributed by atoms with E-state index in [2.05, 4.69) is 32.6 Å². The van der Waals surface area contributed by atoms with E-state index in [1.165, 1.54) is 0 Å². The topological polar surface area (TPSA) is 109 Å². The molecule has 52 heavy (non-hydrogen) atoms. The minimum Gasteiger partial charge on any atom is -0.481 e. The van der Waals surface area contributed by atoms with Gasteiger partial charge in [0, 0.05) is 97.6 Å². The molecule has 0 spiro atoms. The molecule has 0 radical (unpaired) electrons. The smallest absolute Gasteiger partial charge is 0.220 e. The van der Waals surface area contributed by atoms with Gasteiger partial charge in [0.25, 0.3) is 0 Å². The van der Waals surface area contributed by atoms with E-state index in [1.807, 2.05) is 36.4 Å². The fourth-order valence-corrected chi connectivity index (χ4v) is 8.90. The highest BCUT2D eigenvalue weighted by atomic mass is 35.5. The predicted octanol–water partition coefficient (Wildman–Crippen LogP) is 6.08. The van der Waals surface area contributed by atoms with E-state index in [0.29, 0.717) is 34.6 Å². The summed E-state index contributed by atoms with van der Waals surface area (Å²) in [5.74, 6) is 1.49. The molecular formula is C40H42Cl2N6O4. The van der Waals surface area contributed by atoms with Gasteiger partial charge in [0.1, 0.15) is 0 Å². The average Bonchev–Trinajstić information content (AvgIpc) is 3.76. The standard InChI is InChI=1S/C40H42Cl2N6O4/c1-51-39-27-13-15-47(21-25-9-11-35(49)43-25)19-23(27)17-33(45-39)31-7-3-5-29(37(31)41)30-6-4-8-32(38(30)42)34-18-24-20-48(22-26-10-12-36(50)44-26)16-14-28(24)40(46-34)52-2/h3-8,17-18,25-26H,9-16,19-22H2,1-2H3,(H,43,49)(H,44,50). The number of benzene rings is 2. The van der Waals surface area contributed by atoms with Gasteiger partial charge in [-0.1, -0.05) is 59.6 Å². The first-order valence-corrected chi connectivity index (χ1v) is 18.8. The van der Waals surface area contributed by atoms with Gasteiger partial charge in [0.15, 0.2) is 0 Å². The molecule has 4 aromatic rings. The molecule has 2 fully saturated rings. The Hall–Kier alpha value is -4.22. The Labute approximate surface area is 313 Å². The van der Waals surface area contributed by atoms with Crippen LogP contribution in [0.4, 0.5) is 0 Å². The summed E-state index contributed by atoms with van der Waals surface area (Å²) < 4.78 is 11.6. The van der Waals surface area contributed by atoms with Crippen molar-refractivity contribution < 1.29 is 19.1 Å². The lowest BCUT2D eigenvalue weighted by Gasteiger charge is -2.31. The minimum atomic E-state index is 0.133. The van der Waals surface area contributed by atoms with Gasteiger partial charge in [-0.05, 0) is 48.9 Å². The van der Waals surface area contributed by atoms with E-state index in [-0.39, 0.29) is 23.9 Å². The van der Waals surface area contributed by atoms with Crippen molar-refractivity contribution in [1.82, 2.24) is 30.4 Å². The van der Waals surface area contributed by atoms with Crippen LogP contribution in [0.2, 0.25) is 10.0 Å². The maximum atomic E-state index is 11.8. The lowest BCUT2D eigenvalue weighted by Crippen LogP contribution is -2.41. The lowest BCUT2D eigenvalue weighted by molar-refractivity contribution is -0.120. The summed E-state index contributed by atoms with van der Waals surface area (Å²) >= 11 is 14.5. The second-order valence-electron chi connectivity index (χ2n) is 14.2. The Morgan fingerprint density at radius 3 is 1.48 bits per heavy atom. The van der Waals surface area contributed by atoms with Gasteiger partial charge >= 0.3 is 0 Å². The molecule has 270 valence electrons. The van der Waals surface area contributed by atoms with Crippen LogP contribution in [0.5, 0.6) is 11.8 Å². The molecule has 2 unspecified atom stereocenters. The molecule has 0 bridgehead atoms. The number of fused-ring (bicyclic) bond motifs is 2. The van der Waals surface area contributed by atoms with Crippen molar-refractivity contribution in [2.75, 3.05) is 40.4 Å². The first-order chi connectivity index (χ1) is 25.3. The highest BCUT2D eigenvalue weighted by molar-refractivity contribution is 6.39. The van der Waals surface area contributed by atoms with Crippen LogP contribution >= 0.6 is 23.2 Å². The molecule has 12 heteroatoms. The molecule has 2 aromatic heterocycles. The van der Waals surface area contributed by atoms with E-state index in [1.54, 1.807) is 14.2 Å². The number of ether oxygens (including phenoxy) is 2. The molecule has 2 amide bonds. The fourth-order valence-electron chi connectivity index (χ4n) is 8.25. The lowest BCUT2D eigenvalue weighted by atomic mass is 9.95. The molecule has 2 aromatic carbocycles. The average molecular weight is 742 g/mol. The van der Waals surface area contributed by atoms with E-state index < -0.39 is 0 Å². The van der Waals surface area contributed by atoms with Gasteiger partial charge in [-0.3, -0.25) is 19.4 Å². The molecule has 10 nitrogen and oxygen atoms in total. The first kappa shape index (κ1) is 34.8. The van der Waals surface area contributed by atoms with Crippen molar-refractivity contribution in [2.45, 2.75) is 63.7 Å². The Bertz CT molecular complexity index is 1910. The number of nitrogens with one attached hydrogen (secondary N) is 2. The van der Waals surface area contributed by atoms with E-state index in [4.69, 9.17) is 42.6 Å². The summed E-state index contributed by atoms with van der Waals surface area (Å²) in [4.78, 5) is 38.3. The summed E-state index contributed by atoms with van der Waals surface area (Å²) in [6, 6.07) is 16.5. The normalized spacial score (nSPS) is 20.3. The number of nitrogens with zero attached hydrogens (tertiary/aromatic N) is 4. The Kier molecular flexibility index (Phi) is 9.82. The first-order valence-electron chi connectivity index (χ1n) is 18.0. The predicted molar refractivity (Wildman–Crippen MR) is 202 cm³/mol. The second-order valence-corrected chi connectivity index (χ2v) is 15.0. The van der Waals surface area contributed by atoms with Gasteiger partial charge in [0.2, 0.25) is 23.6 Å². The zero-order chi connectivity index (χ0) is 35.9. The Balaban J connectivity index is 1.09. The number of pyridine rings is 2. The van der Waals surface area contributed by atoms with Crippen LogP contribution in [0.1, 0.15) is 47.9 Å². The van der Waals surface area contributed by atoms with E-state index in [0.717, 1.165) is 121 Å². The summed E-state index contributed by atoms with van der Waals surface area (Å²) in [7, 11) is 3.32. The van der Waals surface area contributed by atoms with Crippen LogP contribution in [-0.4, -0.2) is 84.1 Å². The highest BCUT2D eigenvalue weighted by Crippen LogP contribution is 2.44. The van der Waals surface area contributed by atoms with Crippen molar-refractivity contribution in [3.63, 3.8) is 0 Å². The molecule has 4 aliphatic rings. The number of rotatable bonds is 9. The second kappa shape index (κ2) is 14.7. The number of hydrogen-bond acceptors (Lipinski definition) is 8. The third kappa shape index (κ3) is 6.85. The monoisotopic (exact) mass is 740 g/mol. The van der Waals surface area contributed by atoms with Crippen LogP contribution < -0.4 is 20.1 Å². The maximum absolute atomic E-state index is 11.8. The highest BCUT2D eigenvalue weighted by Gasteiger charge is 2.29. The quantitative estimate of drug-likeness (QED) is 0.213. The summed E-state index contributed by atoms with van der Waals surface area (Å²) in [6.45, 7) is 4.88. The third-order valence-electron chi connectivity index (χ3n) is 10.9. The molecule has 0 saturated carbocycles. The van der Waals surface area contributed by atoms with Gasteiger partial charge in [0.05, 0.1) is 35.7 Å². The fraction of sp³-hybridized carbons (Fsp3) is 0.400. The van der Waals surface area contributed by atoms with Crippen LogP contribution in [0, 0.1) is 0 Å². The zero-order valence-corrected chi connectivity index (χ0v) is 30.9. The number of hydrogen-bond donors (Lipinski definition) is 2. The van der Waals surface area contributed by atoms with Crippen molar-refractivity contribution >= 4 is 35.0 Å². The maximum Gasteiger partial charge on any atom is 0.220 e. The summed E-state index contributed by atoms with van der Waals surface area (Å²) in [5, 5.41) is 7.28. The number of carbonyl (C=O) groups is 2. The SMILES string of the molecule is COc1nc(-c2cccc(-c3cccc(-c4cc5c(c(OC)n4)CCN(CC4CCC(=O)N4)C5)c3Cl)c2Cl)cc2c1CCN(CC1CCC(=O)N1)C2. The Morgan fingerprint density at radius 1 is 0.673 bits per heavy atom. The van der Waals surface area contributed by atoms with E-state index >= 15 is 0 Å². The molecule has 8 rings (SSSR count). The summed E-state index contributed by atoms with van der Waals surface area (Å²) in [5.41, 5.74) is 9.14. The van der Waals surface area contributed by atoms with Crippen LogP contribution in [-0.2, 0) is 35.5 Å². The molecule has 2 atom stereocenters. The van der Waals surface area contributed by atoms with Crippen molar-refractivity contribution in [3.8, 4) is 45.4 Å². The van der Waals surface area contributed by atoms with E-state index in [9.17, 15) is 9.59 Å². The van der Waals surface area contributed by atoms with Gasteiger partial charge in [-0.15, -0.1) is 0 Å². The van der Waals surface area contributed by atoms with Crippen LogP contribution in [0.25, 0.3) is 33.6 Å². The summed E-state index contributed by atoms with van der Waals surface area (Å²) in [6.07, 6.45) is 4.58. The number of halogens is 2. The number of methoxy groups -OCH3 is 2. The van der Waals surface area contributed by atoms with Crippen molar-refractivity contribution in [1.29, 1.82) is 0 Å². The van der Waals surface area contributed by atoms with Crippen LogP contribution in [0.3, 0.4) is 0 Å². The zero-order valence-electron chi connectivity index (χ0n) is 29.4. The molecule has 2 N–H and O–H groups in total. The number of amides is 2.